The van der Waals surface area contributed by atoms with Gasteiger partial charge < -0.3 is 10.5 Å². The number of hydrogen-bond donors (Lipinski definition) is 1. The monoisotopic (exact) mass is 173 g/mol. The van der Waals surface area contributed by atoms with Crippen LogP contribution in [-0.4, -0.2) is 18.6 Å². The van der Waals surface area contributed by atoms with Crippen LogP contribution in [0.5, 0.6) is 0 Å². The molecule has 0 rings (SSSR count). The summed E-state index contributed by atoms with van der Waals surface area (Å²) in [5.41, 5.74) is 5.43. The zero-order valence-corrected chi connectivity index (χ0v) is 8.01. The van der Waals surface area contributed by atoms with Crippen molar-refractivity contribution < 1.29 is 9.53 Å². The molecule has 0 aliphatic rings. The molecule has 0 fully saturated rings. The van der Waals surface area contributed by atoms with E-state index in [1.807, 2.05) is 0 Å². The number of hydrogen-bond acceptors (Lipinski definition) is 3. The van der Waals surface area contributed by atoms with Crippen molar-refractivity contribution in [2.45, 2.75) is 45.6 Å². The van der Waals surface area contributed by atoms with Gasteiger partial charge in [0.2, 0.25) is 0 Å². The SMILES string of the molecule is CCCCCC(CN)OC(C)=O. The molecule has 0 amide bonds. The van der Waals surface area contributed by atoms with Gasteiger partial charge in [0, 0.05) is 13.5 Å². The van der Waals surface area contributed by atoms with E-state index in [0.29, 0.717) is 6.54 Å². The van der Waals surface area contributed by atoms with E-state index in [0.717, 1.165) is 12.8 Å². The minimum absolute atomic E-state index is 0.0750. The number of carbonyl (C=O) groups excluding carboxylic acids is 1. The summed E-state index contributed by atoms with van der Waals surface area (Å²) in [5.74, 6) is -0.234. The zero-order valence-electron chi connectivity index (χ0n) is 8.01. The van der Waals surface area contributed by atoms with Crippen molar-refractivity contribution in [3.63, 3.8) is 0 Å². The van der Waals surface area contributed by atoms with E-state index in [2.05, 4.69) is 6.92 Å². The van der Waals surface area contributed by atoms with E-state index in [-0.39, 0.29) is 12.1 Å². The highest BCUT2D eigenvalue weighted by Crippen LogP contribution is 2.05. The van der Waals surface area contributed by atoms with Gasteiger partial charge in [0.15, 0.2) is 0 Å². The molecule has 3 nitrogen and oxygen atoms in total. The van der Waals surface area contributed by atoms with E-state index in [4.69, 9.17) is 10.5 Å². The van der Waals surface area contributed by atoms with Crippen LogP contribution in [0.2, 0.25) is 0 Å². The minimum atomic E-state index is -0.234. The number of esters is 1. The molecule has 2 N–H and O–H groups in total. The molecule has 0 heterocycles. The van der Waals surface area contributed by atoms with Gasteiger partial charge in [-0.2, -0.15) is 0 Å². The largest absolute Gasteiger partial charge is 0.461 e. The third kappa shape index (κ3) is 6.16. The number of carbonyl (C=O) groups is 1. The third-order valence-electron chi connectivity index (χ3n) is 1.73. The standard InChI is InChI=1S/C9H19NO2/c1-3-4-5-6-9(7-10)12-8(2)11/h9H,3-7,10H2,1-2H3. The van der Waals surface area contributed by atoms with Crippen LogP contribution in [0.3, 0.4) is 0 Å². The van der Waals surface area contributed by atoms with E-state index in [9.17, 15) is 4.79 Å². The van der Waals surface area contributed by atoms with Crippen molar-refractivity contribution in [1.82, 2.24) is 0 Å². The highest BCUT2D eigenvalue weighted by molar-refractivity contribution is 5.66. The first-order valence-corrected chi connectivity index (χ1v) is 4.58. The lowest BCUT2D eigenvalue weighted by Crippen LogP contribution is -2.25. The molecule has 3 heteroatoms. The molecular formula is C9H19NO2. The van der Waals surface area contributed by atoms with E-state index < -0.39 is 0 Å². The fourth-order valence-electron chi connectivity index (χ4n) is 1.08. The molecule has 0 aromatic rings. The van der Waals surface area contributed by atoms with Gasteiger partial charge >= 0.3 is 5.97 Å². The molecule has 0 aromatic heterocycles. The van der Waals surface area contributed by atoms with Crippen molar-refractivity contribution in [3.05, 3.63) is 0 Å². The van der Waals surface area contributed by atoms with Gasteiger partial charge in [-0.1, -0.05) is 19.8 Å². The van der Waals surface area contributed by atoms with Gasteiger partial charge in [-0.3, -0.25) is 4.79 Å². The molecule has 0 saturated carbocycles. The average Bonchev–Trinajstić information content (AvgIpc) is 2.02. The Morgan fingerprint density at radius 2 is 2.17 bits per heavy atom. The second-order valence-corrected chi connectivity index (χ2v) is 2.96. The van der Waals surface area contributed by atoms with Crippen LogP contribution in [0.15, 0.2) is 0 Å². The predicted molar refractivity (Wildman–Crippen MR) is 48.8 cm³/mol. The Hall–Kier alpha value is -0.570. The summed E-state index contributed by atoms with van der Waals surface area (Å²) < 4.78 is 4.98. The lowest BCUT2D eigenvalue weighted by molar-refractivity contribution is -0.146. The summed E-state index contributed by atoms with van der Waals surface area (Å²) in [7, 11) is 0. The van der Waals surface area contributed by atoms with E-state index >= 15 is 0 Å². The fourth-order valence-corrected chi connectivity index (χ4v) is 1.08. The van der Waals surface area contributed by atoms with E-state index in [1.165, 1.54) is 19.8 Å². The van der Waals surface area contributed by atoms with Crippen molar-refractivity contribution in [2.75, 3.05) is 6.54 Å². The Morgan fingerprint density at radius 3 is 2.58 bits per heavy atom. The van der Waals surface area contributed by atoms with Gasteiger partial charge in [0.05, 0.1) is 0 Å². The van der Waals surface area contributed by atoms with Crippen LogP contribution in [0, 0.1) is 0 Å². The zero-order chi connectivity index (χ0) is 9.40. The minimum Gasteiger partial charge on any atom is -0.461 e. The third-order valence-corrected chi connectivity index (χ3v) is 1.73. The summed E-state index contributed by atoms with van der Waals surface area (Å²) in [6.45, 7) is 4.00. The molecule has 0 aliphatic heterocycles. The molecule has 1 atom stereocenters. The maximum atomic E-state index is 10.6. The van der Waals surface area contributed by atoms with Gasteiger partial charge in [0.1, 0.15) is 6.10 Å². The summed E-state index contributed by atoms with van der Waals surface area (Å²) in [5, 5.41) is 0. The lowest BCUT2D eigenvalue weighted by atomic mass is 10.1. The van der Waals surface area contributed by atoms with Crippen LogP contribution in [0.25, 0.3) is 0 Å². The quantitative estimate of drug-likeness (QED) is 0.488. The van der Waals surface area contributed by atoms with Gasteiger partial charge in [-0.05, 0) is 12.8 Å². The molecule has 12 heavy (non-hydrogen) atoms. The van der Waals surface area contributed by atoms with Gasteiger partial charge in [0.25, 0.3) is 0 Å². The highest BCUT2D eigenvalue weighted by Gasteiger charge is 2.08. The Morgan fingerprint density at radius 1 is 1.50 bits per heavy atom. The molecular weight excluding hydrogens is 154 g/mol. The summed E-state index contributed by atoms with van der Waals surface area (Å²) in [4.78, 5) is 10.6. The summed E-state index contributed by atoms with van der Waals surface area (Å²) in [6, 6.07) is 0. The summed E-state index contributed by atoms with van der Waals surface area (Å²) in [6.07, 6.45) is 4.26. The van der Waals surface area contributed by atoms with Gasteiger partial charge in [-0.25, -0.2) is 0 Å². The molecule has 0 aliphatic carbocycles. The van der Waals surface area contributed by atoms with Crippen LogP contribution in [0.4, 0.5) is 0 Å². The average molecular weight is 173 g/mol. The first-order chi connectivity index (χ1) is 5.70. The maximum Gasteiger partial charge on any atom is 0.302 e. The second kappa shape index (κ2) is 7.10. The van der Waals surface area contributed by atoms with Crippen LogP contribution >= 0.6 is 0 Å². The number of rotatable bonds is 6. The van der Waals surface area contributed by atoms with Crippen molar-refractivity contribution >= 4 is 5.97 Å². The van der Waals surface area contributed by atoms with Crippen LogP contribution in [-0.2, 0) is 9.53 Å². The lowest BCUT2D eigenvalue weighted by Gasteiger charge is -2.13. The molecule has 0 saturated heterocycles. The van der Waals surface area contributed by atoms with Crippen LogP contribution in [0.1, 0.15) is 39.5 Å². The van der Waals surface area contributed by atoms with Crippen LogP contribution < -0.4 is 5.73 Å². The molecule has 0 bridgehead atoms. The smallest absolute Gasteiger partial charge is 0.302 e. The number of nitrogens with two attached hydrogens (primary N) is 1. The topological polar surface area (TPSA) is 52.3 Å². The van der Waals surface area contributed by atoms with Crippen molar-refractivity contribution in [3.8, 4) is 0 Å². The first-order valence-electron chi connectivity index (χ1n) is 4.58. The fraction of sp³-hybridized carbons (Fsp3) is 0.889. The Balaban J connectivity index is 3.46. The van der Waals surface area contributed by atoms with Gasteiger partial charge in [-0.15, -0.1) is 0 Å². The summed E-state index contributed by atoms with van der Waals surface area (Å²) >= 11 is 0. The van der Waals surface area contributed by atoms with Crippen molar-refractivity contribution in [1.29, 1.82) is 0 Å². The first kappa shape index (κ1) is 11.4. The number of unbranched alkanes of at least 4 members (excludes halogenated alkanes) is 2. The Bertz CT molecular complexity index is 126. The molecule has 0 aromatic carbocycles. The molecule has 1 unspecified atom stereocenters. The highest BCUT2D eigenvalue weighted by atomic mass is 16.5. The van der Waals surface area contributed by atoms with E-state index in [1.54, 1.807) is 0 Å². The number of ether oxygens (including phenoxy) is 1. The molecule has 0 radical (unpaired) electrons. The second-order valence-electron chi connectivity index (χ2n) is 2.96. The van der Waals surface area contributed by atoms with Crippen molar-refractivity contribution in [2.24, 2.45) is 5.73 Å². The molecule has 0 spiro atoms. The normalized spacial score (nSPS) is 12.6. The Labute approximate surface area is 74.3 Å². The maximum absolute atomic E-state index is 10.6. The predicted octanol–water partition coefficient (Wildman–Crippen LogP) is 1.46. The molecule has 72 valence electrons. The Kier molecular flexibility index (Phi) is 6.76.